The summed E-state index contributed by atoms with van der Waals surface area (Å²) in [4.78, 5) is 6.43. The van der Waals surface area contributed by atoms with Crippen LogP contribution in [0, 0.1) is 5.92 Å². The average Bonchev–Trinajstić information content (AvgIpc) is 2.62. The van der Waals surface area contributed by atoms with Gasteiger partial charge in [0.1, 0.15) is 24.0 Å². The van der Waals surface area contributed by atoms with Crippen LogP contribution in [0.25, 0.3) is 0 Å². The Morgan fingerprint density at radius 2 is 2.25 bits per heavy atom. The fraction of sp³-hybridized carbons (Fsp3) is 0.700. The maximum absolute atomic E-state index is 9.02. The van der Waals surface area contributed by atoms with E-state index in [-0.39, 0.29) is 0 Å². The molecule has 6 heteroatoms. The van der Waals surface area contributed by atoms with E-state index in [2.05, 4.69) is 20.5 Å². The Kier molecular flexibility index (Phi) is 2.17. The molecule has 16 heavy (non-hydrogen) atoms. The Bertz CT molecular complexity index is 358. The van der Waals surface area contributed by atoms with E-state index >= 15 is 0 Å². The molecular formula is C10H17N5O. The minimum absolute atomic E-state index is 0.306. The van der Waals surface area contributed by atoms with Gasteiger partial charge in [0.15, 0.2) is 0 Å². The van der Waals surface area contributed by atoms with Crippen LogP contribution in [0.5, 0.6) is 0 Å². The number of aliphatic hydroxyl groups is 1. The molecule has 0 aromatic heterocycles. The van der Waals surface area contributed by atoms with Crippen molar-refractivity contribution in [3.05, 3.63) is 11.5 Å². The molecule has 3 aliphatic rings. The number of rotatable bonds is 2. The topological polar surface area (TPSA) is 85.9 Å². The van der Waals surface area contributed by atoms with E-state index in [0.717, 1.165) is 31.0 Å². The molecule has 2 aliphatic heterocycles. The van der Waals surface area contributed by atoms with Crippen molar-refractivity contribution < 1.29 is 5.11 Å². The maximum atomic E-state index is 9.02. The van der Waals surface area contributed by atoms with Crippen LogP contribution >= 0.6 is 0 Å². The third-order valence-electron chi connectivity index (χ3n) is 3.61. The van der Waals surface area contributed by atoms with Crippen LogP contribution in [0.1, 0.15) is 12.8 Å². The molecule has 1 fully saturated rings. The zero-order valence-corrected chi connectivity index (χ0v) is 9.11. The van der Waals surface area contributed by atoms with Crippen LogP contribution in [0.15, 0.2) is 16.5 Å². The molecule has 0 bridgehead atoms. The molecule has 0 radical (unpaired) electrons. The molecule has 0 spiro atoms. The molecule has 88 valence electrons. The fourth-order valence-corrected chi connectivity index (χ4v) is 2.57. The smallest absolute Gasteiger partial charge is 0.147 e. The Balaban J connectivity index is 1.73. The first kappa shape index (κ1) is 9.77. The summed E-state index contributed by atoms with van der Waals surface area (Å²) in [5.74, 6) is 2.15. The van der Waals surface area contributed by atoms with E-state index in [1.54, 1.807) is 0 Å². The molecule has 0 aromatic carbocycles. The number of nitrogens with one attached hydrogen (secondary N) is 2. The predicted molar refractivity (Wildman–Crippen MR) is 60.1 cm³/mol. The molecule has 5 N–H and O–H groups in total. The first-order valence-corrected chi connectivity index (χ1v) is 5.69. The zero-order chi connectivity index (χ0) is 11.1. The highest BCUT2D eigenvalue weighted by molar-refractivity contribution is 5.97. The molecular weight excluding hydrogens is 206 g/mol. The van der Waals surface area contributed by atoms with Gasteiger partial charge in [0.25, 0.3) is 0 Å². The van der Waals surface area contributed by atoms with Crippen molar-refractivity contribution >= 4 is 5.84 Å². The summed E-state index contributed by atoms with van der Waals surface area (Å²) < 4.78 is 0. The molecule has 0 aromatic rings. The molecule has 6 nitrogen and oxygen atoms in total. The van der Waals surface area contributed by atoms with Gasteiger partial charge in [-0.05, 0) is 18.8 Å². The molecule has 0 saturated heterocycles. The standard InChI is InChI=1S/C10H17N5O/c11-9-8-10(13-4-12-9)15(5-14-8)7-1-6(2-7)3-16/h6-7,13-14,16H,1-5H2,(H2,11,12). The van der Waals surface area contributed by atoms with Gasteiger partial charge in [-0.3, -0.25) is 0 Å². The van der Waals surface area contributed by atoms with Gasteiger partial charge >= 0.3 is 0 Å². The van der Waals surface area contributed by atoms with Gasteiger partial charge in [0, 0.05) is 12.6 Å². The first-order chi connectivity index (χ1) is 7.79. The van der Waals surface area contributed by atoms with Crippen molar-refractivity contribution in [1.29, 1.82) is 0 Å². The van der Waals surface area contributed by atoms with Gasteiger partial charge in [0.2, 0.25) is 0 Å². The van der Waals surface area contributed by atoms with Crippen LogP contribution in [-0.4, -0.2) is 41.8 Å². The largest absolute Gasteiger partial charge is 0.396 e. The minimum atomic E-state index is 0.306. The number of nitrogens with two attached hydrogens (primary N) is 1. The highest BCUT2D eigenvalue weighted by atomic mass is 16.3. The fourth-order valence-electron chi connectivity index (χ4n) is 2.57. The summed E-state index contributed by atoms with van der Waals surface area (Å²) in [6.07, 6.45) is 2.13. The highest BCUT2D eigenvalue weighted by Gasteiger charge is 2.38. The normalized spacial score (nSPS) is 32.6. The lowest BCUT2D eigenvalue weighted by Crippen LogP contribution is -2.47. The van der Waals surface area contributed by atoms with Crippen molar-refractivity contribution in [2.75, 3.05) is 19.9 Å². The number of amidine groups is 1. The lowest BCUT2D eigenvalue weighted by Gasteiger charge is -2.42. The summed E-state index contributed by atoms with van der Waals surface area (Å²) in [6.45, 7) is 1.65. The molecule has 3 rings (SSSR count). The van der Waals surface area contributed by atoms with Crippen LogP contribution < -0.4 is 16.4 Å². The van der Waals surface area contributed by atoms with E-state index < -0.39 is 0 Å². The number of hydrogen-bond donors (Lipinski definition) is 4. The summed E-state index contributed by atoms with van der Waals surface area (Å²) in [6, 6.07) is 0.524. The van der Waals surface area contributed by atoms with Crippen molar-refractivity contribution in [3.8, 4) is 0 Å². The number of aliphatic hydroxyl groups excluding tert-OH is 1. The second-order valence-corrected chi connectivity index (χ2v) is 4.58. The first-order valence-electron chi connectivity index (χ1n) is 5.69. The van der Waals surface area contributed by atoms with E-state index in [9.17, 15) is 0 Å². The van der Waals surface area contributed by atoms with E-state index in [1.165, 1.54) is 0 Å². The number of hydrogen-bond acceptors (Lipinski definition) is 6. The predicted octanol–water partition coefficient (Wildman–Crippen LogP) is -1.29. The quantitative estimate of drug-likeness (QED) is 0.468. The lowest BCUT2D eigenvalue weighted by atomic mass is 9.80. The van der Waals surface area contributed by atoms with E-state index in [4.69, 9.17) is 10.8 Å². The molecule has 1 aliphatic carbocycles. The monoisotopic (exact) mass is 223 g/mol. The van der Waals surface area contributed by atoms with E-state index in [0.29, 0.717) is 31.1 Å². The maximum Gasteiger partial charge on any atom is 0.147 e. The Hall–Kier alpha value is -1.43. The van der Waals surface area contributed by atoms with Crippen LogP contribution in [0.3, 0.4) is 0 Å². The summed E-state index contributed by atoms with van der Waals surface area (Å²) >= 11 is 0. The van der Waals surface area contributed by atoms with Crippen LogP contribution in [-0.2, 0) is 0 Å². The number of nitrogens with zero attached hydrogens (tertiary/aromatic N) is 2. The minimum Gasteiger partial charge on any atom is -0.396 e. The second-order valence-electron chi connectivity index (χ2n) is 4.58. The summed E-state index contributed by atoms with van der Waals surface area (Å²) in [7, 11) is 0. The molecule has 2 heterocycles. The molecule has 1 saturated carbocycles. The second kappa shape index (κ2) is 3.55. The van der Waals surface area contributed by atoms with Crippen LogP contribution in [0.4, 0.5) is 0 Å². The van der Waals surface area contributed by atoms with Gasteiger partial charge in [0.05, 0.1) is 6.67 Å². The Morgan fingerprint density at radius 1 is 1.44 bits per heavy atom. The SMILES string of the molecule is NC1=NCNC2=C1NCN2C1CC(CO)C1. The van der Waals surface area contributed by atoms with Crippen molar-refractivity contribution in [2.45, 2.75) is 18.9 Å². The lowest BCUT2D eigenvalue weighted by molar-refractivity contribution is 0.0649. The average molecular weight is 223 g/mol. The zero-order valence-electron chi connectivity index (χ0n) is 9.11. The third-order valence-corrected chi connectivity index (χ3v) is 3.61. The van der Waals surface area contributed by atoms with Gasteiger partial charge in [-0.2, -0.15) is 0 Å². The van der Waals surface area contributed by atoms with Gasteiger partial charge in [-0.15, -0.1) is 0 Å². The van der Waals surface area contributed by atoms with Crippen molar-refractivity contribution in [2.24, 2.45) is 16.6 Å². The highest BCUT2D eigenvalue weighted by Crippen LogP contribution is 2.34. The summed E-state index contributed by atoms with van der Waals surface area (Å²) in [5, 5.41) is 15.5. The Labute approximate surface area is 94.2 Å². The van der Waals surface area contributed by atoms with E-state index in [1.807, 2.05) is 0 Å². The number of aliphatic imine (C=N–C) groups is 1. The summed E-state index contributed by atoms with van der Waals surface area (Å²) in [5.41, 5.74) is 6.75. The molecule has 0 amide bonds. The molecule has 0 unspecified atom stereocenters. The van der Waals surface area contributed by atoms with Crippen LogP contribution in [0.2, 0.25) is 0 Å². The van der Waals surface area contributed by atoms with Crippen molar-refractivity contribution in [3.63, 3.8) is 0 Å². The van der Waals surface area contributed by atoms with Gasteiger partial charge < -0.3 is 26.4 Å². The third kappa shape index (κ3) is 1.33. The van der Waals surface area contributed by atoms with Gasteiger partial charge in [-0.25, -0.2) is 4.99 Å². The van der Waals surface area contributed by atoms with Crippen molar-refractivity contribution in [1.82, 2.24) is 15.5 Å². The van der Waals surface area contributed by atoms with Gasteiger partial charge in [-0.1, -0.05) is 0 Å². The molecule has 0 atom stereocenters. The Morgan fingerprint density at radius 3 is 3.00 bits per heavy atom.